The SMILES string of the molecule is O=C(Nc1ccc(-n2ccccc2=O)cc1)[C@H]1C[C@@H](O)C[NH2+]1. The van der Waals surface area contributed by atoms with Crippen LogP contribution in [0, 0.1) is 0 Å². The molecule has 3 rings (SSSR count). The maximum absolute atomic E-state index is 12.1. The maximum atomic E-state index is 12.1. The van der Waals surface area contributed by atoms with Gasteiger partial charge in [-0.15, -0.1) is 0 Å². The third-order valence-electron chi connectivity index (χ3n) is 3.79. The Labute approximate surface area is 127 Å². The summed E-state index contributed by atoms with van der Waals surface area (Å²) in [5, 5.41) is 14.1. The van der Waals surface area contributed by atoms with Crippen LogP contribution in [0.5, 0.6) is 0 Å². The van der Waals surface area contributed by atoms with Crippen LogP contribution < -0.4 is 16.2 Å². The topological polar surface area (TPSA) is 87.9 Å². The van der Waals surface area contributed by atoms with Crippen molar-refractivity contribution < 1.29 is 15.2 Å². The summed E-state index contributed by atoms with van der Waals surface area (Å²) >= 11 is 0. The van der Waals surface area contributed by atoms with Crippen LogP contribution in [-0.4, -0.2) is 34.3 Å². The number of aromatic nitrogens is 1. The summed E-state index contributed by atoms with van der Waals surface area (Å²) in [7, 11) is 0. The zero-order chi connectivity index (χ0) is 15.5. The first-order valence-electron chi connectivity index (χ1n) is 7.24. The Kier molecular flexibility index (Phi) is 4.04. The molecule has 2 heterocycles. The number of nitrogens with zero attached hydrogens (tertiary/aromatic N) is 1. The minimum atomic E-state index is -0.414. The Morgan fingerprint density at radius 2 is 2.00 bits per heavy atom. The van der Waals surface area contributed by atoms with E-state index in [0.29, 0.717) is 18.7 Å². The summed E-state index contributed by atoms with van der Waals surface area (Å²) in [5.41, 5.74) is 1.31. The number of hydrogen-bond donors (Lipinski definition) is 3. The zero-order valence-electron chi connectivity index (χ0n) is 12.0. The van der Waals surface area contributed by atoms with E-state index < -0.39 is 6.10 Å². The lowest BCUT2D eigenvalue weighted by atomic mass is 10.2. The van der Waals surface area contributed by atoms with Crippen LogP contribution in [0.4, 0.5) is 5.69 Å². The molecule has 1 aromatic heterocycles. The lowest BCUT2D eigenvalue weighted by Gasteiger charge is -2.10. The number of aliphatic hydroxyl groups excluding tert-OH is 1. The molecule has 0 unspecified atom stereocenters. The van der Waals surface area contributed by atoms with E-state index in [9.17, 15) is 14.7 Å². The lowest BCUT2D eigenvalue weighted by molar-refractivity contribution is -0.659. The molecule has 0 aliphatic carbocycles. The van der Waals surface area contributed by atoms with Crippen molar-refractivity contribution in [3.05, 3.63) is 59.0 Å². The van der Waals surface area contributed by atoms with E-state index >= 15 is 0 Å². The van der Waals surface area contributed by atoms with Gasteiger partial charge in [-0.1, -0.05) is 6.07 Å². The van der Waals surface area contributed by atoms with Gasteiger partial charge in [0.2, 0.25) is 0 Å². The first kappa shape index (κ1) is 14.5. The smallest absolute Gasteiger partial charge is 0.282 e. The van der Waals surface area contributed by atoms with Crippen LogP contribution in [-0.2, 0) is 4.79 Å². The number of quaternary nitrogens is 1. The number of nitrogens with one attached hydrogen (secondary N) is 1. The monoisotopic (exact) mass is 300 g/mol. The molecule has 2 aromatic rings. The van der Waals surface area contributed by atoms with Gasteiger partial charge in [-0.2, -0.15) is 0 Å². The molecule has 1 aromatic carbocycles. The van der Waals surface area contributed by atoms with E-state index in [1.54, 1.807) is 42.6 Å². The predicted molar refractivity (Wildman–Crippen MR) is 81.9 cm³/mol. The van der Waals surface area contributed by atoms with E-state index in [-0.39, 0.29) is 17.5 Å². The van der Waals surface area contributed by atoms with Crippen molar-refractivity contribution in [2.24, 2.45) is 0 Å². The second-order valence-electron chi connectivity index (χ2n) is 5.41. The standard InChI is InChI=1S/C16H17N3O3/c20-13-9-14(17-10-13)16(22)18-11-4-6-12(7-5-11)19-8-2-1-3-15(19)21/h1-8,13-14,17,20H,9-10H2,(H,18,22)/p+1/t13-,14-/m1/s1. The number of amides is 1. The average molecular weight is 300 g/mol. The normalized spacial score (nSPS) is 20.8. The molecule has 1 aliphatic rings. The number of anilines is 1. The number of hydrogen-bond acceptors (Lipinski definition) is 3. The number of benzene rings is 1. The molecule has 1 aliphatic heterocycles. The minimum absolute atomic E-state index is 0.103. The Hall–Kier alpha value is -2.44. The third kappa shape index (κ3) is 3.08. The van der Waals surface area contributed by atoms with Crippen LogP contribution in [0.2, 0.25) is 0 Å². The average Bonchev–Trinajstić information content (AvgIpc) is 2.95. The van der Waals surface area contributed by atoms with E-state index in [2.05, 4.69) is 5.32 Å². The van der Waals surface area contributed by atoms with E-state index in [1.807, 2.05) is 5.32 Å². The van der Waals surface area contributed by atoms with Crippen molar-refractivity contribution in [1.82, 2.24) is 4.57 Å². The summed E-state index contributed by atoms with van der Waals surface area (Å²) in [5.74, 6) is -0.110. The van der Waals surface area contributed by atoms with Gasteiger partial charge < -0.3 is 15.7 Å². The van der Waals surface area contributed by atoms with Crippen molar-refractivity contribution in [3.8, 4) is 5.69 Å². The van der Waals surface area contributed by atoms with Crippen molar-refractivity contribution >= 4 is 11.6 Å². The quantitative estimate of drug-likeness (QED) is 0.712. The summed E-state index contributed by atoms with van der Waals surface area (Å²) in [4.78, 5) is 23.8. The fraction of sp³-hybridized carbons (Fsp3) is 0.250. The molecule has 0 saturated carbocycles. The number of nitrogens with two attached hydrogens (primary N) is 1. The molecule has 1 amide bonds. The van der Waals surface area contributed by atoms with Gasteiger partial charge in [0.25, 0.3) is 11.5 Å². The molecule has 6 heteroatoms. The third-order valence-corrected chi connectivity index (χ3v) is 3.79. The summed E-state index contributed by atoms with van der Waals surface area (Å²) in [6, 6.07) is 11.8. The van der Waals surface area contributed by atoms with E-state index in [0.717, 1.165) is 5.69 Å². The number of carbonyl (C=O) groups excluding carboxylic acids is 1. The minimum Gasteiger partial charge on any atom is -0.387 e. The van der Waals surface area contributed by atoms with Gasteiger partial charge in [-0.05, 0) is 30.3 Å². The first-order valence-corrected chi connectivity index (χ1v) is 7.24. The molecule has 6 nitrogen and oxygen atoms in total. The Balaban J connectivity index is 1.71. The van der Waals surface area contributed by atoms with Crippen LogP contribution in [0.25, 0.3) is 5.69 Å². The van der Waals surface area contributed by atoms with Gasteiger partial charge in [0, 0.05) is 30.1 Å². The Morgan fingerprint density at radius 3 is 2.64 bits per heavy atom. The number of pyridine rings is 1. The highest BCUT2D eigenvalue weighted by molar-refractivity contribution is 5.94. The predicted octanol–water partition coefficient (Wildman–Crippen LogP) is -0.527. The molecule has 2 atom stereocenters. The fourth-order valence-electron chi connectivity index (χ4n) is 2.60. The highest BCUT2D eigenvalue weighted by Gasteiger charge is 2.32. The molecule has 0 bridgehead atoms. The van der Waals surface area contributed by atoms with Crippen molar-refractivity contribution in [2.45, 2.75) is 18.6 Å². The van der Waals surface area contributed by atoms with Gasteiger partial charge in [0.1, 0.15) is 12.6 Å². The molecule has 4 N–H and O–H groups in total. The maximum Gasteiger partial charge on any atom is 0.282 e. The number of rotatable bonds is 3. The number of carbonyl (C=O) groups is 1. The van der Waals surface area contributed by atoms with Gasteiger partial charge in [0.15, 0.2) is 6.04 Å². The van der Waals surface area contributed by atoms with E-state index in [4.69, 9.17) is 0 Å². The molecule has 1 saturated heterocycles. The fourth-order valence-corrected chi connectivity index (χ4v) is 2.60. The van der Waals surface area contributed by atoms with Crippen LogP contribution in [0.1, 0.15) is 6.42 Å². The lowest BCUT2D eigenvalue weighted by Crippen LogP contribution is -2.89. The summed E-state index contributed by atoms with van der Waals surface area (Å²) < 4.78 is 1.53. The second kappa shape index (κ2) is 6.13. The number of aliphatic hydroxyl groups is 1. The van der Waals surface area contributed by atoms with E-state index in [1.165, 1.54) is 10.6 Å². The Morgan fingerprint density at radius 1 is 1.23 bits per heavy atom. The highest BCUT2D eigenvalue weighted by Crippen LogP contribution is 2.13. The van der Waals surface area contributed by atoms with Gasteiger partial charge in [0.05, 0.1) is 0 Å². The van der Waals surface area contributed by atoms with Crippen molar-refractivity contribution in [1.29, 1.82) is 0 Å². The molecular weight excluding hydrogens is 282 g/mol. The molecule has 1 fully saturated rings. The molecule has 0 radical (unpaired) electrons. The van der Waals surface area contributed by atoms with Gasteiger partial charge in [-0.25, -0.2) is 0 Å². The molecular formula is C16H18N3O3+. The largest absolute Gasteiger partial charge is 0.387 e. The molecule has 114 valence electrons. The van der Waals surface area contributed by atoms with Crippen LogP contribution in [0.3, 0.4) is 0 Å². The molecule has 0 spiro atoms. The van der Waals surface area contributed by atoms with Gasteiger partial charge >= 0.3 is 0 Å². The Bertz CT molecular complexity index is 724. The van der Waals surface area contributed by atoms with Gasteiger partial charge in [-0.3, -0.25) is 14.2 Å². The van der Waals surface area contributed by atoms with Crippen LogP contribution >= 0.6 is 0 Å². The molecule has 22 heavy (non-hydrogen) atoms. The summed E-state index contributed by atoms with van der Waals surface area (Å²) in [6.07, 6.45) is 1.76. The highest BCUT2D eigenvalue weighted by atomic mass is 16.3. The first-order chi connectivity index (χ1) is 10.6. The summed E-state index contributed by atoms with van der Waals surface area (Å²) in [6.45, 7) is 0.563. The second-order valence-corrected chi connectivity index (χ2v) is 5.41. The van der Waals surface area contributed by atoms with Crippen LogP contribution in [0.15, 0.2) is 53.5 Å². The zero-order valence-corrected chi connectivity index (χ0v) is 12.0. The van der Waals surface area contributed by atoms with Crippen molar-refractivity contribution in [3.63, 3.8) is 0 Å². The van der Waals surface area contributed by atoms with Crippen molar-refractivity contribution in [2.75, 3.05) is 11.9 Å².